The smallest absolute Gasteiger partial charge is 0.167 e. The van der Waals surface area contributed by atoms with Gasteiger partial charge in [-0.15, -0.1) is 0 Å². The van der Waals surface area contributed by atoms with E-state index < -0.39 is 0 Å². The summed E-state index contributed by atoms with van der Waals surface area (Å²) in [6, 6.07) is 15.3. The van der Waals surface area contributed by atoms with Crippen molar-refractivity contribution in [2.24, 2.45) is 0 Å². The van der Waals surface area contributed by atoms with Gasteiger partial charge in [0.25, 0.3) is 0 Å². The quantitative estimate of drug-likeness (QED) is 0.391. The van der Waals surface area contributed by atoms with E-state index in [1.54, 1.807) is 0 Å². The molecule has 0 aromatic heterocycles. The van der Waals surface area contributed by atoms with E-state index in [1.165, 1.54) is 0 Å². The first-order chi connectivity index (χ1) is 15.1. The van der Waals surface area contributed by atoms with E-state index in [0.29, 0.717) is 25.2 Å². The van der Waals surface area contributed by atoms with Crippen LogP contribution in [0.3, 0.4) is 0 Å². The van der Waals surface area contributed by atoms with Gasteiger partial charge >= 0.3 is 0 Å². The number of ketones is 1. The van der Waals surface area contributed by atoms with Crippen molar-refractivity contribution in [1.82, 2.24) is 9.80 Å². The van der Waals surface area contributed by atoms with Gasteiger partial charge in [0.05, 0.1) is 0 Å². The van der Waals surface area contributed by atoms with Crippen molar-refractivity contribution in [2.75, 3.05) is 52.5 Å². The van der Waals surface area contributed by atoms with E-state index in [0.717, 1.165) is 56.3 Å². The third kappa shape index (κ3) is 8.72. The molecule has 0 radical (unpaired) electrons. The van der Waals surface area contributed by atoms with Crippen molar-refractivity contribution in [3.05, 3.63) is 59.7 Å². The topological polar surface area (TPSA) is 42.0 Å². The van der Waals surface area contributed by atoms with Gasteiger partial charge in [0.2, 0.25) is 0 Å². The average Bonchev–Trinajstić information content (AvgIpc) is 2.80. The molecule has 0 atom stereocenters. The summed E-state index contributed by atoms with van der Waals surface area (Å²) >= 11 is 0. The standard InChI is InChI=1S/C26H38N2O3/c1-5-27(6-2)15-17-30-24-13-9-11-22(19-24)20-26(29)23-12-10-14-25(21-23)31-18-16-28(7-3)8-4/h9-14,19,21H,5-8,15-18,20H2,1-4H3. The molecule has 0 heterocycles. The first-order valence-electron chi connectivity index (χ1n) is 11.5. The lowest BCUT2D eigenvalue weighted by molar-refractivity contribution is 0.0992. The van der Waals surface area contributed by atoms with Gasteiger partial charge in [0.15, 0.2) is 5.78 Å². The molecule has 5 nitrogen and oxygen atoms in total. The first-order valence-corrected chi connectivity index (χ1v) is 11.5. The fraction of sp³-hybridized carbons (Fsp3) is 0.500. The second kappa shape index (κ2) is 13.8. The number of rotatable bonds is 15. The summed E-state index contributed by atoms with van der Waals surface area (Å²) < 4.78 is 11.8. The fourth-order valence-corrected chi connectivity index (χ4v) is 3.46. The molecule has 31 heavy (non-hydrogen) atoms. The summed E-state index contributed by atoms with van der Waals surface area (Å²) in [6.07, 6.45) is 0.343. The maximum absolute atomic E-state index is 12.8. The minimum Gasteiger partial charge on any atom is -0.492 e. The molecule has 2 aromatic carbocycles. The Morgan fingerprint density at radius 3 is 1.81 bits per heavy atom. The molecule has 0 spiro atoms. The Balaban J connectivity index is 1.90. The molecular weight excluding hydrogens is 388 g/mol. The van der Waals surface area contributed by atoms with Gasteiger partial charge in [0, 0.05) is 25.1 Å². The van der Waals surface area contributed by atoms with Gasteiger partial charge in [-0.1, -0.05) is 52.0 Å². The zero-order valence-electron chi connectivity index (χ0n) is 19.6. The minimum atomic E-state index is 0.0782. The molecule has 0 aliphatic carbocycles. The largest absolute Gasteiger partial charge is 0.492 e. The van der Waals surface area contributed by atoms with Crippen molar-refractivity contribution in [3.63, 3.8) is 0 Å². The van der Waals surface area contributed by atoms with Crippen LogP contribution in [0, 0.1) is 0 Å². The van der Waals surface area contributed by atoms with Crippen LogP contribution >= 0.6 is 0 Å². The summed E-state index contributed by atoms with van der Waals surface area (Å²) in [5.74, 6) is 1.63. The summed E-state index contributed by atoms with van der Waals surface area (Å²) in [5.41, 5.74) is 1.63. The molecule has 0 bridgehead atoms. The highest BCUT2D eigenvalue weighted by atomic mass is 16.5. The first kappa shape index (κ1) is 24.9. The SMILES string of the molecule is CCN(CC)CCOc1cccc(CC(=O)c2cccc(OCCN(CC)CC)c2)c1. The molecule has 0 unspecified atom stereocenters. The predicted octanol–water partition coefficient (Wildman–Crippen LogP) is 4.55. The Kier molecular flexibility index (Phi) is 11.1. The second-order valence-electron chi connectivity index (χ2n) is 7.53. The van der Waals surface area contributed by atoms with E-state index in [1.807, 2.05) is 48.5 Å². The van der Waals surface area contributed by atoms with Crippen LogP contribution in [0.1, 0.15) is 43.6 Å². The highest BCUT2D eigenvalue weighted by Gasteiger charge is 2.10. The molecule has 2 aromatic rings. The van der Waals surface area contributed by atoms with Crippen LogP contribution in [-0.2, 0) is 6.42 Å². The summed E-state index contributed by atoms with van der Waals surface area (Å²) in [7, 11) is 0. The highest BCUT2D eigenvalue weighted by molar-refractivity contribution is 5.97. The van der Waals surface area contributed by atoms with Crippen LogP contribution in [0.25, 0.3) is 0 Å². The molecule has 0 saturated carbocycles. The maximum atomic E-state index is 12.8. The highest BCUT2D eigenvalue weighted by Crippen LogP contribution is 2.18. The molecule has 0 aliphatic rings. The number of benzene rings is 2. The number of Topliss-reactive ketones (excluding diaryl/α,β-unsaturated/α-hetero) is 1. The molecule has 5 heteroatoms. The number of hydrogen-bond donors (Lipinski definition) is 0. The predicted molar refractivity (Wildman–Crippen MR) is 127 cm³/mol. The van der Waals surface area contributed by atoms with Crippen LogP contribution in [-0.4, -0.2) is 68.1 Å². The van der Waals surface area contributed by atoms with Gasteiger partial charge in [0.1, 0.15) is 24.7 Å². The van der Waals surface area contributed by atoms with E-state index in [2.05, 4.69) is 37.5 Å². The molecule has 0 N–H and O–H groups in total. The van der Waals surface area contributed by atoms with Crippen molar-refractivity contribution < 1.29 is 14.3 Å². The third-order valence-corrected chi connectivity index (χ3v) is 5.56. The van der Waals surface area contributed by atoms with Gasteiger partial charge in [-0.25, -0.2) is 0 Å². The Morgan fingerprint density at radius 2 is 1.26 bits per heavy atom. The average molecular weight is 427 g/mol. The summed E-state index contributed by atoms with van der Waals surface area (Å²) in [5, 5.41) is 0. The summed E-state index contributed by atoms with van der Waals surface area (Å²) in [4.78, 5) is 17.5. The maximum Gasteiger partial charge on any atom is 0.167 e. The number of hydrogen-bond acceptors (Lipinski definition) is 5. The van der Waals surface area contributed by atoms with E-state index >= 15 is 0 Å². The van der Waals surface area contributed by atoms with Crippen LogP contribution in [0.15, 0.2) is 48.5 Å². The molecule has 170 valence electrons. The molecule has 0 amide bonds. The molecule has 0 fully saturated rings. The normalized spacial score (nSPS) is 11.2. The lowest BCUT2D eigenvalue weighted by Crippen LogP contribution is -2.27. The minimum absolute atomic E-state index is 0.0782. The molecule has 0 aliphatic heterocycles. The zero-order chi connectivity index (χ0) is 22.5. The Bertz CT molecular complexity index is 786. The molecular formula is C26H38N2O3. The lowest BCUT2D eigenvalue weighted by atomic mass is 10.0. The van der Waals surface area contributed by atoms with Crippen LogP contribution in [0.5, 0.6) is 11.5 Å². The van der Waals surface area contributed by atoms with E-state index in [-0.39, 0.29) is 5.78 Å². The Morgan fingerprint density at radius 1 is 0.742 bits per heavy atom. The van der Waals surface area contributed by atoms with Crippen molar-refractivity contribution in [3.8, 4) is 11.5 Å². The molecule has 0 saturated heterocycles. The van der Waals surface area contributed by atoms with E-state index in [9.17, 15) is 4.79 Å². The monoisotopic (exact) mass is 426 g/mol. The second-order valence-corrected chi connectivity index (χ2v) is 7.53. The van der Waals surface area contributed by atoms with Crippen molar-refractivity contribution in [1.29, 1.82) is 0 Å². The molecule has 2 rings (SSSR count). The van der Waals surface area contributed by atoms with Crippen LogP contribution in [0.4, 0.5) is 0 Å². The van der Waals surface area contributed by atoms with Crippen LogP contribution in [0.2, 0.25) is 0 Å². The number of likely N-dealkylation sites (N-methyl/N-ethyl adjacent to an activating group) is 2. The lowest BCUT2D eigenvalue weighted by Gasteiger charge is -2.18. The fourth-order valence-electron chi connectivity index (χ4n) is 3.46. The van der Waals surface area contributed by atoms with Gasteiger partial charge in [-0.05, 0) is 56.0 Å². The van der Waals surface area contributed by atoms with Crippen LogP contribution < -0.4 is 9.47 Å². The zero-order valence-corrected chi connectivity index (χ0v) is 19.6. The Hall–Kier alpha value is -2.37. The van der Waals surface area contributed by atoms with Crippen molar-refractivity contribution >= 4 is 5.78 Å². The van der Waals surface area contributed by atoms with Gasteiger partial charge in [-0.3, -0.25) is 4.79 Å². The Labute approximate surface area is 188 Å². The third-order valence-electron chi connectivity index (χ3n) is 5.56. The van der Waals surface area contributed by atoms with Crippen molar-refractivity contribution in [2.45, 2.75) is 34.1 Å². The van der Waals surface area contributed by atoms with E-state index in [4.69, 9.17) is 9.47 Å². The van der Waals surface area contributed by atoms with Gasteiger partial charge in [-0.2, -0.15) is 0 Å². The number of carbonyl (C=O) groups is 1. The van der Waals surface area contributed by atoms with Gasteiger partial charge < -0.3 is 19.3 Å². The number of ether oxygens (including phenoxy) is 2. The number of nitrogens with zero attached hydrogens (tertiary/aromatic N) is 2. The summed E-state index contributed by atoms with van der Waals surface area (Å²) in [6.45, 7) is 15.7. The number of carbonyl (C=O) groups excluding carboxylic acids is 1.